The lowest BCUT2D eigenvalue weighted by molar-refractivity contribution is -0.167. The largest absolute Gasteiger partial charge is 0.478 e. The van der Waals surface area contributed by atoms with Crippen LogP contribution < -0.4 is 5.32 Å². The van der Waals surface area contributed by atoms with Crippen molar-refractivity contribution < 1.29 is 27.9 Å². The van der Waals surface area contributed by atoms with E-state index in [0.29, 0.717) is 5.56 Å². The predicted molar refractivity (Wildman–Crippen MR) is 71.8 cm³/mol. The minimum Gasteiger partial charge on any atom is -0.478 e. The van der Waals surface area contributed by atoms with Crippen LogP contribution in [0.4, 0.5) is 18.2 Å². The smallest absolute Gasteiger partial charge is 0.471 e. The Morgan fingerprint density at radius 1 is 1.24 bits per heavy atom. The van der Waals surface area contributed by atoms with Gasteiger partial charge in [0.1, 0.15) is 5.00 Å². The van der Waals surface area contributed by atoms with Gasteiger partial charge >= 0.3 is 18.1 Å². The summed E-state index contributed by atoms with van der Waals surface area (Å²) in [6, 6.07) is 0. The minimum atomic E-state index is -5.04. The Hall–Kier alpha value is -1.57. The first-order valence-electron chi connectivity index (χ1n) is 6.53. The quantitative estimate of drug-likeness (QED) is 0.884. The molecule has 1 saturated carbocycles. The van der Waals surface area contributed by atoms with Crippen molar-refractivity contribution in [2.24, 2.45) is 0 Å². The molecule has 8 heteroatoms. The molecule has 1 aromatic rings. The molecule has 1 aliphatic rings. The maximum Gasteiger partial charge on any atom is 0.471 e. The zero-order valence-electron chi connectivity index (χ0n) is 11.0. The molecule has 0 aromatic carbocycles. The third-order valence-corrected chi connectivity index (χ3v) is 4.48. The van der Waals surface area contributed by atoms with Crippen LogP contribution >= 0.6 is 11.3 Å². The van der Waals surface area contributed by atoms with Crippen molar-refractivity contribution in [3.63, 3.8) is 0 Å². The van der Waals surface area contributed by atoms with Crippen LogP contribution in [0.2, 0.25) is 0 Å². The van der Waals surface area contributed by atoms with Crippen LogP contribution in [0, 0.1) is 0 Å². The second-order valence-electron chi connectivity index (χ2n) is 4.99. The lowest BCUT2D eigenvalue weighted by atomic mass is 9.83. The lowest BCUT2D eigenvalue weighted by Gasteiger charge is -2.21. The van der Waals surface area contributed by atoms with E-state index in [2.05, 4.69) is 0 Å². The van der Waals surface area contributed by atoms with Gasteiger partial charge in [0.15, 0.2) is 0 Å². The molecule has 1 fully saturated rings. The lowest BCUT2D eigenvalue weighted by Crippen LogP contribution is -2.30. The fraction of sp³-hybridized carbons (Fsp3) is 0.538. The summed E-state index contributed by atoms with van der Waals surface area (Å²) in [7, 11) is 0. The molecule has 1 heterocycles. The van der Waals surface area contributed by atoms with Gasteiger partial charge in [-0.05, 0) is 29.7 Å². The first-order chi connectivity index (χ1) is 9.80. The van der Waals surface area contributed by atoms with Crippen LogP contribution in [0.3, 0.4) is 0 Å². The van der Waals surface area contributed by atoms with Crippen molar-refractivity contribution in [1.29, 1.82) is 0 Å². The number of rotatable bonds is 3. The first kappa shape index (κ1) is 15.8. The number of amides is 1. The number of hydrogen-bond acceptors (Lipinski definition) is 3. The molecule has 0 unspecified atom stereocenters. The van der Waals surface area contributed by atoms with Crippen molar-refractivity contribution >= 4 is 28.2 Å². The Bertz CT molecular complexity index is 547. The Labute approximate surface area is 123 Å². The monoisotopic (exact) mass is 321 g/mol. The normalized spacial score (nSPS) is 16.7. The molecule has 0 radical (unpaired) electrons. The molecule has 1 aliphatic carbocycles. The maximum absolute atomic E-state index is 12.3. The first-order valence-corrected chi connectivity index (χ1v) is 7.41. The molecular weight excluding hydrogens is 307 g/mol. The van der Waals surface area contributed by atoms with E-state index in [1.807, 2.05) is 0 Å². The van der Waals surface area contributed by atoms with E-state index in [-0.39, 0.29) is 16.5 Å². The zero-order chi connectivity index (χ0) is 15.6. The number of carboxylic acid groups (broad SMARTS) is 1. The van der Waals surface area contributed by atoms with Crippen molar-refractivity contribution in [2.75, 3.05) is 5.32 Å². The molecule has 2 N–H and O–H groups in total. The molecule has 0 bridgehead atoms. The van der Waals surface area contributed by atoms with Gasteiger partial charge in [0, 0.05) is 0 Å². The molecule has 0 aliphatic heterocycles. The van der Waals surface area contributed by atoms with Gasteiger partial charge in [-0.25, -0.2) is 4.79 Å². The number of nitrogens with one attached hydrogen (secondary N) is 1. The second-order valence-corrected chi connectivity index (χ2v) is 5.87. The van der Waals surface area contributed by atoms with E-state index < -0.39 is 18.1 Å². The van der Waals surface area contributed by atoms with E-state index in [1.54, 1.807) is 10.7 Å². The molecule has 21 heavy (non-hydrogen) atoms. The third-order valence-electron chi connectivity index (χ3n) is 3.56. The van der Waals surface area contributed by atoms with Gasteiger partial charge in [0.2, 0.25) is 0 Å². The summed E-state index contributed by atoms with van der Waals surface area (Å²) in [5, 5.41) is 12.2. The third kappa shape index (κ3) is 3.55. The fourth-order valence-electron chi connectivity index (χ4n) is 2.57. The number of thiophene rings is 1. The number of anilines is 1. The molecule has 0 spiro atoms. The average Bonchev–Trinajstić information content (AvgIpc) is 2.82. The summed E-state index contributed by atoms with van der Waals surface area (Å²) in [5.74, 6) is -3.42. The van der Waals surface area contributed by atoms with Crippen molar-refractivity contribution in [3.05, 3.63) is 16.5 Å². The summed E-state index contributed by atoms with van der Waals surface area (Å²) < 4.78 is 36.8. The summed E-state index contributed by atoms with van der Waals surface area (Å²) in [5.41, 5.74) is 0.328. The summed E-state index contributed by atoms with van der Waals surface area (Å²) in [4.78, 5) is 22.3. The highest BCUT2D eigenvalue weighted by Gasteiger charge is 2.40. The Kier molecular flexibility index (Phi) is 4.55. The molecule has 116 valence electrons. The van der Waals surface area contributed by atoms with Gasteiger partial charge in [-0.2, -0.15) is 13.2 Å². The van der Waals surface area contributed by atoms with Gasteiger partial charge < -0.3 is 10.4 Å². The molecule has 0 atom stereocenters. The van der Waals surface area contributed by atoms with Crippen LogP contribution in [0.15, 0.2) is 5.38 Å². The van der Waals surface area contributed by atoms with Crippen molar-refractivity contribution in [2.45, 2.75) is 44.2 Å². The highest BCUT2D eigenvalue weighted by molar-refractivity contribution is 7.15. The van der Waals surface area contributed by atoms with E-state index in [0.717, 1.165) is 43.4 Å². The van der Waals surface area contributed by atoms with Crippen LogP contribution in [-0.2, 0) is 4.79 Å². The number of carbonyl (C=O) groups is 2. The standard InChI is InChI=1S/C13H14F3NO3S/c14-13(15,16)12(20)17-10-9(11(18)19)8(6-21-10)7-4-2-1-3-5-7/h6-7H,1-5H2,(H,17,20)(H,18,19). The van der Waals surface area contributed by atoms with Crippen LogP contribution in [0.25, 0.3) is 0 Å². The SMILES string of the molecule is O=C(O)c1c(C2CCCCC2)csc1NC(=O)C(F)(F)F. The van der Waals surface area contributed by atoms with Crippen molar-refractivity contribution in [3.8, 4) is 0 Å². The van der Waals surface area contributed by atoms with E-state index >= 15 is 0 Å². The number of aromatic carboxylic acids is 1. The minimum absolute atomic E-state index is 0.0395. The molecule has 0 saturated heterocycles. The number of carbonyl (C=O) groups excluding carboxylic acids is 1. The Morgan fingerprint density at radius 3 is 2.38 bits per heavy atom. The van der Waals surface area contributed by atoms with Gasteiger partial charge in [-0.15, -0.1) is 11.3 Å². The number of alkyl halides is 3. The average molecular weight is 321 g/mol. The van der Waals surface area contributed by atoms with Gasteiger partial charge in [-0.1, -0.05) is 19.3 Å². The van der Waals surface area contributed by atoms with Crippen LogP contribution in [0.1, 0.15) is 53.9 Å². The maximum atomic E-state index is 12.3. The van der Waals surface area contributed by atoms with E-state index in [4.69, 9.17) is 0 Å². The number of hydrogen-bond donors (Lipinski definition) is 2. The Balaban J connectivity index is 2.28. The second kappa shape index (κ2) is 6.05. The van der Waals surface area contributed by atoms with Crippen molar-refractivity contribution in [1.82, 2.24) is 0 Å². The molecule has 2 rings (SSSR count). The molecule has 4 nitrogen and oxygen atoms in total. The Morgan fingerprint density at radius 2 is 1.86 bits per heavy atom. The molecule has 1 aromatic heterocycles. The summed E-state index contributed by atoms with van der Waals surface area (Å²) in [6.45, 7) is 0. The van der Waals surface area contributed by atoms with Crippen LogP contribution in [-0.4, -0.2) is 23.2 Å². The number of halogens is 3. The van der Waals surface area contributed by atoms with Gasteiger partial charge in [-0.3, -0.25) is 4.79 Å². The fourth-order valence-corrected chi connectivity index (χ4v) is 3.60. The van der Waals surface area contributed by atoms with E-state index in [1.165, 1.54) is 0 Å². The summed E-state index contributed by atoms with van der Waals surface area (Å²) >= 11 is 0.830. The molecular formula is C13H14F3NO3S. The van der Waals surface area contributed by atoms with Gasteiger partial charge in [0.25, 0.3) is 0 Å². The van der Waals surface area contributed by atoms with Crippen LogP contribution in [0.5, 0.6) is 0 Å². The predicted octanol–water partition coefficient (Wildman–Crippen LogP) is 3.99. The van der Waals surface area contributed by atoms with Gasteiger partial charge in [0.05, 0.1) is 5.56 Å². The topological polar surface area (TPSA) is 66.4 Å². The summed E-state index contributed by atoms with van der Waals surface area (Å²) in [6.07, 6.45) is -0.355. The highest BCUT2D eigenvalue weighted by Crippen LogP contribution is 2.40. The molecule has 1 amide bonds. The number of carboxylic acids is 1. The van der Waals surface area contributed by atoms with E-state index in [9.17, 15) is 27.9 Å². The highest BCUT2D eigenvalue weighted by atomic mass is 32.1. The zero-order valence-corrected chi connectivity index (χ0v) is 11.8.